The van der Waals surface area contributed by atoms with Crippen LogP contribution in [0.15, 0.2) is 28.7 Å². The molecule has 21 heavy (non-hydrogen) atoms. The third kappa shape index (κ3) is 3.16. The van der Waals surface area contributed by atoms with Crippen LogP contribution in [0.25, 0.3) is 0 Å². The summed E-state index contributed by atoms with van der Waals surface area (Å²) in [6.45, 7) is 1.84. The third-order valence-corrected chi connectivity index (χ3v) is 5.43. The molecule has 1 unspecified atom stereocenters. The molecule has 1 heterocycles. The molecule has 1 amide bonds. The lowest BCUT2D eigenvalue weighted by Crippen LogP contribution is -2.46. The number of hydrogen-bond acceptors (Lipinski definition) is 2. The molecule has 1 saturated heterocycles. The van der Waals surface area contributed by atoms with Crippen LogP contribution >= 0.6 is 15.9 Å². The van der Waals surface area contributed by atoms with Crippen molar-refractivity contribution in [2.24, 2.45) is 0 Å². The number of nitrogens with one attached hydrogen (secondary N) is 2. The van der Waals surface area contributed by atoms with Gasteiger partial charge in [-0.1, -0.05) is 40.9 Å². The predicted octanol–water partition coefficient (Wildman–Crippen LogP) is 3.13. The second-order valence-electron chi connectivity index (χ2n) is 6.30. The van der Waals surface area contributed by atoms with Crippen molar-refractivity contribution in [2.45, 2.75) is 50.0 Å². The summed E-state index contributed by atoms with van der Waals surface area (Å²) < 4.78 is 1.05. The molecule has 3 nitrogen and oxygen atoms in total. The number of carbonyl (C=O) groups excluding carboxylic acids is 1. The normalized spacial score (nSPS) is 24.1. The molecule has 1 aromatic carbocycles. The number of carbonyl (C=O) groups is 1. The van der Waals surface area contributed by atoms with E-state index in [-0.39, 0.29) is 11.3 Å². The molecule has 4 heteroatoms. The lowest BCUT2D eigenvalue weighted by molar-refractivity contribution is -0.126. The fourth-order valence-electron chi connectivity index (χ4n) is 3.73. The van der Waals surface area contributed by atoms with Gasteiger partial charge in [0.2, 0.25) is 5.91 Å². The average Bonchev–Trinajstić information content (AvgIpc) is 3.17. The van der Waals surface area contributed by atoms with Gasteiger partial charge in [0.25, 0.3) is 0 Å². The molecule has 1 atom stereocenters. The molecule has 0 bridgehead atoms. The van der Waals surface area contributed by atoms with Crippen LogP contribution in [0.1, 0.15) is 44.1 Å². The number of rotatable bonds is 4. The van der Waals surface area contributed by atoms with Gasteiger partial charge in [-0.2, -0.15) is 0 Å². The third-order valence-electron chi connectivity index (χ3n) is 4.94. The zero-order valence-electron chi connectivity index (χ0n) is 12.3. The quantitative estimate of drug-likeness (QED) is 0.875. The maximum atomic E-state index is 12.9. The Hall–Kier alpha value is -0.870. The summed E-state index contributed by atoms with van der Waals surface area (Å²) >= 11 is 3.53. The Kier molecular flexibility index (Phi) is 4.65. The molecule has 0 spiro atoms. The van der Waals surface area contributed by atoms with E-state index in [4.69, 9.17) is 0 Å². The zero-order chi connectivity index (χ0) is 14.7. The van der Waals surface area contributed by atoms with Crippen molar-refractivity contribution in [2.75, 3.05) is 13.1 Å². The lowest BCUT2D eigenvalue weighted by atomic mass is 9.78. The van der Waals surface area contributed by atoms with E-state index in [0.717, 1.165) is 48.8 Å². The van der Waals surface area contributed by atoms with Gasteiger partial charge in [0.1, 0.15) is 0 Å². The topological polar surface area (TPSA) is 41.1 Å². The van der Waals surface area contributed by atoms with Crippen molar-refractivity contribution in [1.82, 2.24) is 10.6 Å². The predicted molar refractivity (Wildman–Crippen MR) is 88.3 cm³/mol. The van der Waals surface area contributed by atoms with Crippen LogP contribution in [-0.2, 0) is 10.2 Å². The highest BCUT2D eigenvalue weighted by molar-refractivity contribution is 9.10. The first-order chi connectivity index (χ1) is 10.2. The Labute approximate surface area is 135 Å². The van der Waals surface area contributed by atoms with Gasteiger partial charge in [-0.15, -0.1) is 0 Å². The van der Waals surface area contributed by atoms with Crippen molar-refractivity contribution >= 4 is 21.8 Å². The SMILES string of the molecule is O=C(NCC1CCCN1)C1(c2cccc(Br)c2)CCCC1. The Morgan fingerprint density at radius 2 is 2.14 bits per heavy atom. The highest BCUT2D eigenvalue weighted by Gasteiger charge is 2.42. The van der Waals surface area contributed by atoms with E-state index in [2.05, 4.69) is 38.7 Å². The standard InChI is InChI=1S/C17H23BrN2O/c18-14-6-3-5-13(11-14)17(8-1-2-9-17)16(21)20-12-15-7-4-10-19-15/h3,5-6,11,15,19H,1-2,4,7-10,12H2,(H,20,21). The maximum Gasteiger partial charge on any atom is 0.230 e. The minimum atomic E-state index is -0.317. The minimum absolute atomic E-state index is 0.215. The van der Waals surface area contributed by atoms with Gasteiger partial charge in [0.05, 0.1) is 5.41 Å². The summed E-state index contributed by atoms with van der Waals surface area (Å²) in [5.41, 5.74) is 0.841. The molecule has 1 aliphatic carbocycles. The van der Waals surface area contributed by atoms with Gasteiger partial charge in [0.15, 0.2) is 0 Å². The van der Waals surface area contributed by atoms with Crippen molar-refractivity contribution in [3.63, 3.8) is 0 Å². The molecule has 2 aliphatic rings. The second-order valence-corrected chi connectivity index (χ2v) is 7.22. The van der Waals surface area contributed by atoms with Crippen LogP contribution in [0.5, 0.6) is 0 Å². The molecule has 1 aromatic rings. The highest BCUT2D eigenvalue weighted by Crippen LogP contribution is 2.42. The molecule has 1 saturated carbocycles. The van der Waals surface area contributed by atoms with E-state index in [1.54, 1.807) is 0 Å². The second kappa shape index (κ2) is 6.49. The Bertz CT molecular complexity index is 505. The molecule has 2 N–H and O–H groups in total. The Morgan fingerprint density at radius 1 is 1.33 bits per heavy atom. The van der Waals surface area contributed by atoms with Crippen LogP contribution in [-0.4, -0.2) is 25.0 Å². The smallest absolute Gasteiger partial charge is 0.230 e. The van der Waals surface area contributed by atoms with Crippen molar-refractivity contribution < 1.29 is 4.79 Å². The maximum absolute atomic E-state index is 12.9. The first-order valence-electron chi connectivity index (χ1n) is 7.98. The van der Waals surface area contributed by atoms with Crippen molar-refractivity contribution in [3.8, 4) is 0 Å². The van der Waals surface area contributed by atoms with E-state index in [1.165, 1.54) is 12.8 Å². The Morgan fingerprint density at radius 3 is 2.81 bits per heavy atom. The van der Waals surface area contributed by atoms with Crippen molar-refractivity contribution in [3.05, 3.63) is 34.3 Å². The van der Waals surface area contributed by atoms with Gasteiger partial charge in [0, 0.05) is 17.1 Å². The van der Waals surface area contributed by atoms with Crippen molar-refractivity contribution in [1.29, 1.82) is 0 Å². The molecule has 1 aliphatic heterocycles. The molecule has 0 aromatic heterocycles. The number of hydrogen-bond donors (Lipinski definition) is 2. The largest absolute Gasteiger partial charge is 0.354 e. The van der Waals surface area contributed by atoms with E-state index >= 15 is 0 Å². The van der Waals surface area contributed by atoms with Gasteiger partial charge in [-0.3, -0.25) is 4.79 Å². The number of benzene rings is 1. The van der Waals surface area contributed by atoms with Gasteiger partial charge >= 0.3 is 0 Å². The Balaban J connectivity index is 1.75. The van der Waals surface area contributed by atoms with Gasteiger partial charge < -0.3 is 10.6 Å². The lowest BCUT2D eigenvalue weighted by Gasteiger charge is -2.29. The zero-order valence-corrected chi connectivity index (χ0v) is 13.9. The van der Waals surface area contributed by atoms with E-state index in [0.29, 0.717) is 6.04 Å². The van der Waals surface area contributed by atoms with Crippen LogP contribution < -0.4 is 10.6 Å². The summed E-state index contributed by atoms with van der Waals surface area (Å²) in [6, 6.07) is 8.72. The van der Waals surface area contributed by atoms with Gasteiger partial charge in [-0.25, -0.2) is 0 Å². The fraction of sp³-hybridized carbons (Fsp3) is 0.588. The minimum Gasteiger partial charge on any atom is -0.354 e. The molecule has 2 fully saturated rings. The van der Waals surface area contributed by atoms with Crippen LogP contribution in [0.3, 0.4) is 0 Å². The summed E-state index contributed by atoms with van der Waals surface area (Å²) in [5, 5.41) is 6.65. The van der Waals surface area contributed by atoms with E-state index in [1.807, 2.05) is 12.1 Å². The summed E-state index contributed by atoms with van der Waals surface area (Å²) in [4.78, 5) is 12.9. The van der Waals surface area contributed by atoms with Crippen LogP contribution in [0.2, 0.25) is 0 Å². The first kappa shape index (κ1) is 15.0. The number of amides is 1. The first-order valence-corrected chi connectivity index (χ1v) is 8.78. The molecule has 3 rings (SSSR count). The average molecular weight is 351 g/mol. The summed E-state index contributed by atoms with van der Waals surface area (Å²) in [5.74, 6) is 0.215. The van der Waals surface area contributed by atoms with Crippen LogP contribution in [0, 0.1) is 0 Å². The van der Waals surface area contributed by atoms with E-state index < -0.39 is 0 Å². The number of halogens is 1. The fourth-order valence-corrected chi connectivity index (χ4v) is 4.13. The molecular formula is C17H23BrN2O. The van der Waals surface area contributed by atoms with Crippen LogP contribution in [0.4, 0.5) is 0 Å². The van der Waals surface area contributed by atoms with Gasteiger partial charge in [-0.05, 0) is 49.9 Å². The highest BCUT2D eigenvalue weighted by atomic mass is 79.9. The monoisotopic (exact) mass is 350 g/mol. The molecular weight excluding hydrogens is 328 g/mol. The molecule has 114 valence electrons. The molecule has 0 radical (unpaired) electrons. The van der Waals surface area contributed by atoms with E-state index in [9.17, 15) is 4.79 Å². The summed E-state index contributed by atoms with van der Waals surface area (Å²) in [7, 11) is 0. The summed E-state index contributed by atoms with van der Waals surface area (Å²) in [6.07, 6.45) is 6.60.